The van der Waals surface area contributed by atoms with Gasteiger partial charge in [0.25, 0.3) is 11.8 Å². The number of ether oxygens (including phenoxy) is 6. The van der Waals surface area contributed by atoms with E-state index in [4.69, 9.17) is 28.4 Å². The van der Waals surface area contributed by atoms with Gasteiger partial charge < -0.3 is 39.1 Å². The van der Waals surface area contributed by atoms with Crippen LogP contribution in [0.15, 0.2) is 96.6 Å². The highest BCUT2D eigenvalue weighted by Gasteiger charge is 2.41. The molecule has 0 spiro atoms. The van der Waals surface area contributed by atoms with Crippen molar-refractivity contribution >= 4 is 111 Å². The molecule has 66 heavy (non-hydrogen) atoms. The minimum absolute atomic E-state index is 0.111. The van der Waals surface area contributed by atoms with Gasteiger partial charge in [0.05, 0.1) is 52.9 Å². The van der Waals surface area contributed by atoms with Gasteiger partial charge in [-0.1, -0.05) is 97.1 Å². The number of nitrogens with one attached hydrogen (secondary N) is 2. The van der Waals surface area contributed by atoms with Gasteiger partial charge in [0, 0.05) is 52.0 Å². The van der Waals surface area contributed by atoms with Gasteiger partial charge >= 0.3 is 0 Å². The number of rotatable bonds is 12. The maximum atomic E-state index is 14.5. The normalized spacial score (nSPS) is 25.2. The summed E-state index contributed by atoms with van der Waals surface area (Å²) >= 11 is 12.2. The highest BCUT2D eigenvalue weighted by molar-refractivity contribution is 8.00. The van der Waals surface area contributed by atoms with Gasteiger partial charge in [0.1, 0.15) is 12.2 Å². The number of thioether (sulfide) groups is 2. The van der Waals surface area contributed by atoms with Crippen molar-refractivity contribution in [2.75, 3.05) is 92.7 Å². The van der Waals surface area contributed by atoms with Crippen molar-refractivity contribution in [3.05, 3.63) is 113 Å². The maximum absolute atomic E-state index is 14.5. The zero-order chi connectivity index (χ0) is 45.2. The molecule has 4 aliphatic rings. The van der Waals surface area contributed by atoms with E-state index in [1.165, 1.54) is 27.6 Å². The molecule has 2 N–H and O–H groups in total. The first-order valence-corrected chi connectivity index (χ1v) is 26.6. The van der Waals surface area contributed by atoms with Crippen LogP contribution in [0.4, 0.5) is 5.69 Å². The number of hydrogen-bond acceptors (Lipinski definition) is 12. The predicted molar refractivity (Wildman–Crippen MR) is 277 cm³/mol. The summed E-state index contributed by atoms with van der Waals surface area (Å²) in [5.41, 5.74) is 5.83. The third kappa shape index (κ3) is 10.8. The molecule has 5 aromatic carbocycles. The van der Waals surface area contributed by atoms with Crippen LogP contribution in [0.5, 0.6) is 0 Å². The van der Waals surface area contributed by atoms with E-state index in [0.29, 0.717) is 28.7 Å². The fourth-order valence-corrected chi connectivity index (χ4v) is 12.1. The molecule has 2 amide bonds. The summed E-state index contributed by atoms with van der Waals surface area (Å²) in [4.78, 5) is 28.9. The monoisotopic (exact) mass is 966 g/mol. The highest BCUT2D eigenvalue weighted by Crippen LogP contribution is 2.49. The van der Waals surface area contributed by atoms with Crippen molar-refractivity contribution in [1.82, 2.24) is 5.32 Å². The van der Waals surface area contributed by atoms with Gasteiger partial charge in [-0.05, 0) is 73.2 Å². The van der Waals surface area contributed by atoms with Gasteiger partial charge in [-0.15, -0.1) is 0 Å². The van der Waals surface area contributed by atoms with Gasteiger partial charge in [-0.25, -0.2) is 0 Å². The minimum atomic E-state index is -0.938. The summed E-state index contributed by atoms with van der Waals surface area (Å²) in [6.45, 7) is 1.73. The van der Waals surface area contributed by atoms with E-state index in [-0.39, 0.29) is 82.5 Å². The van der Waals surface area contributed by atoms with Crippen molar-refractivity contribution in [2.45, 2.75) is 42.8 Å². The van der Waals surface area contributed by atoms with Crippen LogP contribution in [-0.4, -0.2) is 130 Å². The first-order valence-electron chi connectivity index (χ1n) is 23.0. The van der Waals surface area contributed by atoms with Crippen LogP contribution in [0.3, 0.4) is 0 Å². The number of amides is 2. The highest BCUT2D eigenvalue weighted by atomic mass is 32.2. The second-order valence-electron chi connectivity index (χ2n) is 16.8. The number of carbonyl (C=O) groups excluding carboxylic acids is 2. The SMILES string of the molecule is O=C(NC1CC=C2C=Cc3cccc4c3C2C1C=C4)C1OCCOCCOC(CSCCS)[C@H](C(=O)Nc2ccc3ccc4cccc5ccc2c3c45)OCCOCCOC1CSCCS. The van der Waals surface area contributed by atoms with E-state index in [1.807, 2.05) is 6.07 Å². The largest absolute Gasteiger partial charge is 0.377 e. The Bertz CT molecular complexity index is 2540. The number of allylic oxidation sites excluding steroid dienone is 2. The molecular weight excluding hydrogens is 909 g/mol. The Balaban J connectivity index is 0.879. The average Bonchev–Trinajstić information content (AvgIpc) is 3.34. The van der Waals surface area contributed by atoms with Crippen LogP contribution in [0.1, 0.15) is 29.0 Å². The van der Waals surface area contributed by atoms with E-state index < -0.39 is 24.4 Å². The van der Waals surface area contributed by atoms with Crippen LogP contribution in [0, 0.1) is 5.92 Å². The van der Waals surface area contributed by atoms with Crippen molar-refractivity contribution in [2.24, 2.45) is 5.92 Å². The molecule has 9 rings (SSSR count). The third-order valence-electron chi connectivity index (χ3n) is 12.8. The zero-order valence-corrected chi connectivity index (χ0v) is 40.4. The molecule has 5 aromatic rings. The molecule has 0 radical (unpaired) electrons. The molecule has 1 aliphatic heterocycles. The molecule has 1 fully saturated rings. The molecule has 3 aliphatic carbocycles. The van der Waals surface area contributed by atoms with Crippen LogP contribution in [0.2, 0.25) is 0 Å². The molecular formula is C52H58N2O8S4. The van der Waals surface area contributed by atoms with E-state index in [2.05, 4.69) is 133 Å². The standard InChI is InChI=1S/C52H58N2O8S4/c55-51(53-41-17-13-37-9-7-33-3-1-5-35-11-15-39(41)47(37)45(33)35)49-43(31-65-29-27-63)59-23-19-58-22-26-62-50(44(32-66-30-28-64)60-24-20-57-21-25-61-49)52(56)54-42-18-14-38-10-8-34-4-2-6-36-12-16-40(42)48(38)46(34)36/h1-17,40,42-44,48-50,63-64H,18-32H2,(H,53,55)(H,54,56)/t40?,42?,43?,44?,48?,49-,50?/m1/s1. The van der Waals surface area contributed by atoms with Crippen LogP contribution < -0.4 is 10.6 Å². The predicted octanol–water partition coefficient (Wildman–Crippen LogP) is 8.70. The first kappa shape index (κ1) is 47.5. The Hall–Kier alpha value is -3.54. The Morgan fingerprint density at radius 2 is 1.20 bits per heavy atom. The van der Waals surface area contributed by atoms with E-state index in [9.17, 15) is 9.59 Å². The molecule has 10 nitrogen and oxygen atoms in total. The summed E-state index contributed by atoms with van der Waals surface area (Å²) in [7, 11) is 0. The molecule has 0 bridgehead atoms. The number of carbonyl (C=O) groups is 2. The molecule has 348 valence electrons. The molecule has 6 unspecified atom stereocenters. The van der Waals surface area contributed by atoms with Crippen molar-refractivity contribution < 1.29 is 38.0 Å². The molecule has 7 atom stereocenters. The minimum Gasteiger partial charge on any atom is -0.377 e. The van der Waals surface area contributed by atoms with Crippen LogP contribution in [0.25, 0.3) is 44.5 Å². The summed E-state index contributed by atoms with van der Waals surface area (Å²) in [5, 5.41) is 13.3. The average molecular weight is 967 g/mol. The second-order valence-corrected chi connectivity index (χ2v) is 20.0. The van der Waals surface area contributed by atoms with Crippen LogP contribution in [-0.2, 0) is 38.0 Å². The lowest BCUT2D eigenvalue weighted by atomic mass is 9.65. The molecule has 14 heteroatoms. The maximum Gasteiger partial charge on any atom is 0.256 e. The second kappa shape index (κ2) is 23.2. The molecule has 0 aromatic heterocycles. The number of benzene rings is 5. The Morgan fingerprint density at radius 1 is 0.621 bits per heavy atom. The van der Waals surface area contributed by atoms with Gasteiger partial charge in [-0.3, -0.25) is 9.59 Å². The van der Waals surface area contributed by atoms with Gasteiger partial charge in [-0.2, -0.15) is 48.8 Å². The lowest BCUT2D eigenvalue weighted by molar-refractivity contribution is -0.150. The van der Waals surface area contributed by atoms with E-state index in [0.717, 1.165) is 44.9 Å². The lowest BCUT2D eigenvalue weighted by Crippen LogP contribution is -2.53. The Kier molecular flexibility index (Phi) is 16.7. The number of hydrogen-bond donors (Lipinski definition) is 4. The van der Waals surface area contributed by atoms with E-state index >= 15 is 0 Å². The Morgan fingerprint density at radius 3 is 1.86 bits per heavy atom. The summed E-state index contributed by atoms with van der Waals surface area (Å²) in [6, 6.07) is 25.1. The zero-order valence-electron chi connectivity index (χ0n) is 36.9. The lowest BCUT2D eigenvalue weighted by Gasteiger charge is -2.42. The number of anilines is 1. The summed E-state index contributed by atoms with van der Waals surface area (Å²) in [6.07, 6.45) is 8.92. The molecule has 1 heterocycles. The fraction of sp³-hybridized carbons (Fsp3) is 0.423. The van der Waals surface area contributed by atoms with Gasteiger partial charge in [0.2, 0.25) is 0 Å². The first-order chi connectivity index (χ1) is 32.5. The smallest absolute Gasteiger partial charge is 0.256 e. The third-order valence-corrected chi connectivity index (χ3v) is 15.9. The van der Waals surface area contributed by atoms with Gasteiger partial charge in [0.15, 0.2) is 12.2 Å². The van der Waals surface area contributed by atoms with E-state index in [1.54, 1.807) is 23.5 Å². The Labute approximate surface area is 406 Å². The molecule has 1 saturated heterocycles. The quantitative estimate of drug-likeness (QED) is 0.0551. The molecule has 0 saturated carbocycles. The van der Waals surface area contributed by atoms with Crippen molar-refractivity contribution in [3.63, 3.8) is 0 Å². The van der Waals surface area contributed by atoms with Crippen molar-refractivity contribution in [1.29, 1.82) is 0 Å². The summed E-state index contributed by atoms with van der Waals surface area (Å²) in [5.74, 6) is 3.83. The summed E-state index contributed by atoms with van der Waals surface area (Å²) < 4.78 is 37.8. The number of thiol groups is 2. The topological polar surface area (TPSA) is 114 Å². The fourth-order valence-electron chi connectivity index (χ4n) is 9.76. The van der Waals surface area contributed by atoms with Crippen LogP contribution >= 0.6 is 48.8 Å². The van der Waals surface area contributed by atoms with Crippen molar-refractivity contribution in [3.8, 4) is 0 Å².